The Bertz CT molecular complexity index is 678. The number of nitrogens with one attached hydrogen (secondary N) is 2. The van der Waals surface area contributed by atoms with E-state index in [-0.39, 0.29) is 16.4 Å². The Morgan fingerprint density at radius 3 is 2.13 bits per heavy atom. The predicted octanol–water partition coefficient (Wildman–Crippen LogP) is 1.21. The van der Waals surface area contributed by atoms with E-state index in [1.54, 1.807) is 0 Å². The molecule has 8 heteroatoms. The average molecular weight is 342 g/mol. The lowest BCUT2D eigenvalue weighted by Gasteiger charge is -2.21. The number of sulfonamides is 1. The van der Waals surface area contributed by atoms with Gasteiger partial charge in [0.1, 0.15) is 5.54 Å². The molecule has 128 valence electrons. The molecule has 0 saturated heterocycles. The predicted molar refractivity (Wildman–Crippen MR) is 85.6 cm³/mol. The highest BCUT2D eigenvalue weighted by Gasteiger charge is 2.29. The molecular weight excluding hydrogens is 320 g/mol. The van der Waals surface area contributed by atoms with Gasteiger partial charge in [0.2, 0.25) is 10.0 Å². The van der Waals surface area contributed by atoms with Gasteiger partial charge in [-0.15, -0.1) is 0 Å². The number of amides is 1. The van der Waals surface area contributed by atoms with Crippen LogP contribution in [0.5, 0.6) is 0 Å². The van der Waals surface area contributed by atoms with Crippen LogP contribution in [-0.2, 0) is 14.8 Å². The number of carboxylic acid groups (broad SMARTS) is 1. The summed E-state index contributed by atoms with van der Waals surface area (Å²) in [7, 11) is -3.62. The maximum Gasteiger partial charge on any atom is 0.328 e. The van der Waals surface area contributed by atoms with Crippen LogP contribution in [0.3, 0.4) is 0 Å². The van der Waals surface area contributed by atoms with Gasteiger partial charge >= 0.3 is 5.97 Å². The van der Waals surface area contributed by atoms with E-state index in [0.29, 0.717) is 6.54 Å². The second kappa shape index (κ2) is 7.10. The third-order valence-electron chi connectivity index (χ3n) is 3.07. The lowest BCUT2D eigenvalue weighted by Crippen LogP contribution is -2.49. The van der Waals surface area contributed by atoms with Crippen LogP contribution in [0.2, 0.25) is 0 Å². The van der Waals surface area contributed by atoms with Crippen molar-refractivity contribution in [3.05, 3.63) is 29.8 Å². The van der Waals surface area contributed by atoms with Gasteiger partial charge in [0.05, 0.1) is 4.90 Å². The Hall–Kier alpha value is -1.93. The summed E-state index contributed by atoms with van der Waals surface area (Å²) >= 11 is 0. The summed E-state index contributed by atoms with van der Waals surface area (Å²) in [6, 6.07) is 5.31. The molecule has 0 aliphatic carbocycles. The van der Waals surface area contributed by atoms with Crippen molar-refractivity contribution in [1.29, 1.82) is 0 Å². The van der Waals surface area contributed by atoms with Gasteiger partial charge in [-0.05, 0) is 44.0 Å². The summed E-state index contributed by atoms with van der Waals surface area (Å²) in [5, 5.41) is 11.4. The van der Waals surface area contributed by atoms with Crippen LogP contribution in [0.15, 0.2) is 29.2 Å². The van der Waals surface area contributed by atoms with Crippen LogP contribution in [0.4, 0.5) is 0 Å². The minimum atomic E-state index is -3.62. The Morgan fingerprint density at radius 1 is 1.17 bits per heavy atom. The van der Waals surface area contributed by atoms with Crippen molar-refractivity contribution in [1.82, 2.24) is 10.0 Å². The standard InChI is InChI=1S/C15H22N2O5S/c1-10(2)9-16-23(21,22)12-7-5-11(6-8-12)13(18)17-15(3,4)14(19)20/h5-8,10,16H,9H2,1-4H3,(H,17,18)(H,19,20). The van der Waals surface area contributed by atoms with Gasteiger partial charge in [-0.3, -0.25) is 4.79 Å². The first-order valence-corrected chi connectivity index (χ1v) is 8.59. The molecule has 7 nitrogen and oxygen atoms in total. The lowest BCUT2D eigenvalue weighted by molar-refractivity contribution is -0.143. The largest absolute Gasteiger partial charge is 0.480 e. The Balaban J connectivity index is 2.88. The summed E-state index contributed by atoms with van der Waals surface area (Å²) < 4.78 is 26.6. The van der Waals surface area contributed by atoms with Gasteiger partial charge in [-0.25, -0.2) is 17.9 Å². The topological polar surface area (TPSA) is 113 Å². The molecule has 0 atom stereocenters. The fraction of sp³-hybridized carbons (Fsp3) is 0.467. The van der Waals surface area contributed by atoms with Gasteiger partial charge in [0, 0.05) is 12.1 Å². The second-order valence-corrected chi connectivity index (χ2v) is 7.92. The number of hydrogen-bond donors (Lipinski definition) is 3. The van der Waals surface area contributed by atoms with E-state index in [9.17, 15) is 18.0 Å². The highest BCUT2D eigenvalue weighted by Crippen LogP contribution is 2.12. The molecule has 23 heavy (non-hydrogen) atoms. The lowest BCUT2D eigenvalue weighted by atomic mass is 10.1. The molecule has 0 radical (unpaired) electrons. The molecule has 3 N–H and O–H groups in total. The summed E-state index contributed by atoms with van der Waals surface area (Å²) in [4.78, 5) is 23.0. The zero-order valence-electron chi connectivity index (χ0n) is 13.6. The first-order valence-electron chi connectivity index (χ1n) is 7.11. The van der Waals surface area contributed by atoms with Crippen molar-refractivity contribution >= 4 is 21.9 Å². The number of carboxylic acids is 1. The van der Waals surface area contributed by atoms with Crippen LogP contribution in [0, 0.1) is 5.92 Å². The quantitative estimate of drug-likeness (QED) is 0.689. The molecule has 0 bridgehead atoms. The molecular formula is C15H22N2O5S. The average Bonchev–Trinajstić information content (AvgIpc) is 2.45. The fourth-order valence-electron chi connectivity index (χ4n) is 1.55. The second-order valence-electron chi connectivity index (χ2n) is 6.15. The van der Waals surface area contributed by atoms with Crippen LogP contribution in [0.25, 0.3) is 0 Å². The van der Waals surface area contributed by atoms with Crippen molar-refractivity contribution in [2.24, 2.45) is 5.92 Å². The Morgan fingerprint density at radius 2 is 1.70 bits per heavy atom. The van der Waals surface area contributed by atoms with E-state index in [1.165, 1.54) is 38.1 Å². The molecule has 0 unspecified atom stereocenters. The SMILES string of the molecule is CC(C)CNS(=O)(=O)c1ccc(C(=O)NC(C)(C)C(=O)O)cc1. The zero-order chi connectivity index (χ0) is 17.8. The van der Waals surface area contributed by atoms with E-state index in [2.05, 4.69) is 10.0 Å². The van der Waals surface area contributed by atoms with Crippen molar-refractivity contribution in [2.75, 3.05) is 6.54 Å². The molecule has 1 amide bonds. The van der Waals surface area contributed by atoms with E-state index < -0.39 is 27.4 Å². The summed E-state index contributed by atoms with van der Waals surface area (Å²) in [6.07, 6.45) is 0. The van der Waals surface area contributed by atoms with E-state index >= 15 is 0 Å². The van der Waals surface area contributed by atoms with Crippen molar-refractivity contribution < 1.29 is 23.1 Å². The number of carbonyl (C=O) groups excluding carboxylic acids is 1. The van der Waals surface area contributed by atoms with Crippen molar-refractivity contribution in [2.45, 2.75) is 38.1 Å². The van der Waals surface area contributed by atoms with Gasteiger partial charge in [0.15, 0.2) is 0 Å². The molecule has 0 aliphatic heterocycles. The molecule has 0 fully saturated rings. The summed E-state index contributed by atoms with van der Waals surface area (Å²) in [5.74, 6) is -1.58. The molecule has 0 spiro atoms. The first-order chi connectivity index (χ1) is 10.5. The fourth-order valence-corrected chi connectivity index (χ4v) is 2.77. The number of benzene rings is 1. The molecule has 0 aliphatic rings. The Kier molecular flexibility index (Phi) is 5.90. The number of rotatable bonds is 7. The van der Waals surface area contributed by atoms with Gasteiger partial charge in [-0.1, -0.05) is 13.8 Å². The van der Waals surface area contributed by atoms with E-state index in [4.69, 9.17) is 5.11 Å². The minimum Gasteiger partial charge on any atom is -0.480 e. The molecule has 1 aromatic carbocycles. The molecule has 0 heterocycles. The van der Waals surface area contributed by atoms with E-state index in [1.807, 2.05) is 13.8 Å². The molecule has 0 saturated carbocycles. The third-order valence-corrected chi connectivity index (χ3v) is 4.51. The van der Waals surface area contributed by atoms with E-state index in [0.717, 1.165) is 0 Å². The van der Waals surface area contributed by atoms with Gasteiger partial charge < -0.3 is 10.4 Å². The summed E-state index contributed by atoms with van der Waals surface area (Å²) in [5.41, 5.74) is -1.23. The third kappa shape index (κ3) is 5.33. The highest BCUT2D eigenvalue weighted by molar-refractivity contribution is 7.89. The van der Waals surface area contributed by atoms with Crippen LogP contribution in [0.1, 0.15) is 38.1 Å². The minimum absolute atomic E-state index is 0.0483. The number of hydrogen-bond acceptors (Lipinski definition) is 4. The van der Waals surface area contributed by atoms with Crippen molar-refractivity contribution in [3.63, 3.8) is 0 Å². The van der Waals surface area contributed by atoms with Crippen LogP contribution < -0.4 is 10.0 Å². The number of carbonyl (C=O) groups is 2. The van der Waals surface area contributed by atoms with Gasteiger partial charge in [-0.2, -0.15) is 0 Å². The van der Waals surface area contributed by atoms with Gasteiger partial charge in [0.25, 0.3) is 5.91 Å². The van der Waals surface area contributed by atoms with Crippen LogP contribution in [-0.4, -0.2) is 37.5 Å². The zero-order valence-corrected chi connectivity index (χ0v) is 14.4. The smallest absolute Gasteiger partial charge is 0.328 e. The van der Waals surface area contributed by atoms with Crippen LogP contribution >= 0.6 is 0 Å². The maximum absolute atomic E-state index is 12.0. The summed E-state index contributed by atoms with van der Waals surface area (Å²) in [6.45, 7) is 6.82. The normalized spacial score (nSPS) is 12.2. The molecule has 1 aromatic rings. The monoisotopic (exact) mass is 342 g/mol. The highest BCUT2D eigenvalue weighted by atomic mass is 32.2. The Labute approximate surface area is 136 Å². The molecule has 0 aromatic heterocycles. The molecule has 1 rings (SSSR count). The number of aliphatic carboxylic acids is 1. The maximum atomic E-state index is 12.0. The van der Waals surface area contributed by atoms with Crippen molar-refractivity contribution in [3.8, 4) is 0 Å². The first kappa shape index (κ1) is 19.1.